The molecule has 0 unspecified atom stereocenters. The number of fused-ring (bicyclic) bond motifs is 6. The number of benzene rings is 5. The number of aromatic nitrogens is 3. The first-order valence-corrected chi connectivity index (χ1v) is 14.9. The Morgan fingerprint density at radius 1 is 0.565 bits per heavy atom. The summed E-state index contributed by atoms with van der Waals surface area (Å²) in [6.45, 7) is 2.03. The van der Waals surface area contributed by atoms with Gasteiger partial charge in [-0.1, -0.05) is 60.7 Å². The molecule has 46 heavy (non-hydrogen) atoms. The Kier molecular flexibility index (Phi) is 8.02. The summed E-state index contributed by atoms with van der Waals surface area (Å²) in [6.07, 6.45) is 3.69. The maximum Gasteiger partial charge on any atom is 0.136 e. The van der Waals surface area contributed by atoms with Gasteiger partial charge < -0.3 is 19.0 Å². The van der Waals surface area contributed by atoms with Gasteiger partial charge in [0.15, 0.2) is 0 Å². The Morgan fingerprint density at radius 2 is 1.35 bits per heavy atom. The van der Waals surface area contributed by atoms with Gasteiger partial charge >= 0.3 is 0 Å². The number of pyridine rings is 2. The Bertz CT molecular complexity index is 2430. The van der Waals surface area contributed by atoms with E-state index in [1.807, 2.05) is 86.0 Å². The van der Waals surface area contributed by atoms with E-state index >= 15 is 0 Å². The number of rotatable bonds is 3. The fourth-order valence-corrected chi connectivity index (χ4v) is 5.91. The third-order valence-corrected chi connectivity index (χ3v) is 8.05. The number of aryl methyl sites for hydroxylation is 1. The van der Waals surface area contributed by atoms with Crippen molar-refractivity contribution in [3.8, 4) is 28.2 Å². The molecule has 0 spiro atoms. The van der Waals surface area contributed by atoms with Crippen LogP contribution in [0.4, 0.5) is 0 Å². The molecule has 4 nitrogen and oxygen atoms in total. The van der Waals surface area contributed by atoms with Crippen LogP contribution in [0.3, 0.4) is 0 Å². The smallest absolute Gasteiger partial charge is 0.136 e. The molecular formula is C41H27IrN3O-2. The first kappa shape index (κ1) is 29.4. The third kappa shape index (κ3) is 5.41. The summed E-state index contributed by atoms with van der Waals surface area (Å²) < 4.78 is 8.50. The molecule has 9 aromatic rings. The van der Waals surface area contributed by atoms with Crippen LogP contribution in [-0.2, 0) is 20.1 Å². The van der Waals surface area contributed by atoms with Crippen molar-refractivity contribution >= 4 is 43.7 Å². The number of furan rings is 1. The Balaban J connectivity index is 0.000000204. The standard InChI is InChI=1S/C29H17N2O.C12H10N.Ir/c1-3-13-26-21(10-1)23-18-29-24(22-11-2-4-14-28(22)32-29)17-27(23)31(26)20-9-7-8-19(16-20)25-12-5-6-15-30-25;1-10-7-8-12(13-9-10)11-5-3-2-4-6-11;/h1-7,9-18H;2-5,7-9H,1H3;/q2*-1;. The quantitative estimate of drug-likeness (QED) is 0.168. The van der Waals surface area contributed by atoms with Gasteiger partial charge in [-0.25, -0.2) is 0 Å². The molecule has 9 rings (SSSR count). The molecule has 1 radical (unpaired) electrons. The second-order valence-electron chi connectivity index (χ2n) is 11.0. The number of nitrogens with zero attached hydrogens (tertiary/aromatic N) is 3. The van der Waals surface area contributed by atoms with E-state index in [2.05, 4.69) is 93.4 Å². The second kappa shape index (κ2) is 12.6. The van der Waals surface area contributed by atoms with E-state index in [0.717, 1.165) is 61.2 Å². The molecule has 0 bridgehead atoms. The van der Waals surface area contributed by atoms with Crippen molar-refractivity contribution in [1.29, 1.82) is 0 Å². The summed E-state index contributed by atoms with van der Waals surface area (Å²) in [4.78, 5) is 8.83. The predicted octanol–water partition coefficient (Wildman–Crippen LogP) is 10.4. The summed E-state index contributed by atoms with van der Waals surface area (Å²) in [5.74, 6) is 0. The molecule has 0 aliphatic heterocycles. The fraction of sp³-hybridized carbons (Fsp3) is 0.0244. The first-order valence-electron chi connectivity index (χ1n) is 14.9. The number of hydrogen-bond donors (Lipinski definition) is 0. The van der Waals surface area contributed by atoms with Crippen LogP contribution in [0.15, 0.2) is 150 Å². The van der Waals surface area contributed by atoms with E-state index < -0.39 is 0 Å². The van der Waals surface area contributed by atoms with Crippen LogP contribution in [0, 0.1) is 19.1 Å². The average molecular weight is 770 g/mol. The van der Waals surface area contributed by atoms with Crippen molar-refractivity contribution < 1.29 is 24.5 Å². The molecule has 223 valence electrons. The maximum absolute atomic E-state index is 6.18. The van der Waals surface area contributed by atoms with Crippen molar-refractivity contribution in [1.82, 2.24) is 14.5 Å². The number of para-hydroxylation sites is 2. The minimum atomic E-state index is 0. The zero-order valence-corrected chi connectivity index (χ0v) is 27.3. The topological polar surface area (TPSA) is 43.9 Å². The molecule has 0 amide bonds. The molecule has 0 N–H and O–H groups in total. The van der Waals surface area contributed by atoms with Crippen molar-refractivity contribution in [2.24, 2.45) is 0 Å². The summed E-state index contributed by atoms with van der Waals surface area (Å²) in [6, 6.07) is 51.8. The third-order valence-electron chi connectivity index (χ3n) is 8.05. The van der Waals surface area contributed by atoms with E-state index in [9.17, 15) is 0 Å². The van der Waals surface area contributed by atoms with Gasteiger partial charge in [-0.3, -0.25) is 0 Å². The molecule has 5 aromatic carbocycles. The normalized spacial score (nSPS) is 11.0. The summed E-state index contributed by atoms with van der Waals surface area (Å²) in [7, 11) is 0. The molecule has 4 aromatic heterocycles. The number of hydrogen-bond acceptors (Lipinski definition) is 3. The van der Waals surface area contributed by atoms with Gasteiger partial charge in [-0.2, -0.15) is 0 Å². The van der Waals surface area contributed by atoms with Crippen LogP contribution < -0.4 is 0 Å². The van der Waals surface area contributed by atoms with Crippen LogP contribution in [0.5, 0.6) is 0 Å². The molecule has 0 aliphatic carbocycles. The zero-order chi connectivity index (χ0) is 30.2. The summed E-state index contributed by atoms with van der Waals surface area (Å²) in [5.41, 5.74) is 10.3. The van der Waals surface area contributed by atoms with Crippen LogP contribution >= 0.6 is 0 Å². The van der Waals surface area contributed by atoms with E-state index in [1.165, 1.54) is 16.3 Å². The molecule has 0 aliphatic rings. The van der Waals surface area contributed by atoms with Crippen molar-refractivity contribution in [3.05, 3.63) is 164 Å². The fourth-order valence-electron chi connectivity index (χ4n) is 5.91. The van der Waals surface area contributed by atoms with Crippen LogP contribution in [0.25, 0.3) is 71.9 Å². The summed E-state index contributed by atoms with van der Waals surface area (Å²) in [5, 5.41) is 4.65. The largest absolute Gasteiger partial charge is 0.456 e. The zero-order valence-electron chi connectivity index (χ0n) is 24.9. The van der Waals surface area contributed by atoms with Gasteiger partial charge in [-0.05, 0) is 59.9 Å². The Hall–Kier alpha value is -5.35. The van der Waals surface area contributed by atoms with E-state index in [1.54, 1.807) is 0 Å². The molecule has 0 atom stereocenters. The van der Waals surface area contributed by atoms with Crippen LogP contribution in [0.2, 0.25) is 0 Å². The minimum Gasteiger partial charge on any atom is -0.456 e. The maximum atomic E-state index is 6.18. The van der Waals surface area contributed by atoms with E-state index in [4.69, 9.17) is 4.42 Å². The van der Waals surface area contributed by atoms with Gasteiger partial charge in [-0.15, -0.1) is 65.7 Å². The van der Waals surface area contributed by atoms with Gasteiger partial charge in [0.05, 0.1) is 11.0 Å². The van der Waals surface area contributed by atoms with Crippen molar-refractivity contribution in [2.75, 3.05) is 0 Å². The van der Waals surface area contributed by atoms with Gasteiger partial charge in [0.2, 0.25) is 0 Å². The minimum absolute atomic E-state index is 0. The first-order chi connectivity index (χ1) is 22.2. The SMILES string of the molecule is Cc1ccc(-c2[c-]cccc2)nc1.[Ir].[c-]1ccc(-n2c3ccccc3c3cc4oc5ccccc5c4cc32)cc1-c1ccccn1. The van der Waals surface area contributed by atoms with Crippen molar-refractivity contribution in [3.63, 3.8) is 0 Å². The average Bonchev–Trinajstić information content (AvgIpc) is 3.63. The molecule has 0 saturated carbocycles. The Morgan fingerprint density at radius 3 is 2.15 bits per heavy atom. The van der Waals surface area contributed by atoms with Crippen LogP contribution in [0.1, 0.15) is 5.56 Å². The van der Waals surface area contributed by atoms with Crippen LogP contribution in [-0.4, -0.2) is 14.5 Å². The second-order valence-corrected chi connectivity index (χ2v) is 11.0. The molecule has 5 heteroatoms. The van der Waals surface area contributed by atoms with Gasteiger partial charge in [0, 0.05) is 54.0 Å². The summed E-state index contributed by atoms with van der Waals surface area (Å²) >= 11 is 0. The molecular weight excluding hydrogens is 743 g/mol. The molecule has 0 saturated heterocycles. The molecule has 4 heterocycles. The molecule has 0 fully saturated rings. The van der Waals surface area contributed by atoms with E-state index in [-0.39, 0.29) is 20.1 Å². The van der Waals surface area contributed by atoms with Crippen molar-refractivity contribution in [2.45, 2.75) is 6.92 Å². The monoisotopic (exact) mass is 770 g/mol. The van der Waals surface area contributed by atoms with Gasteiger partial charge in [0.25, 0.3) is 0 Å². The predicted molar refractivity (Wildman–Crippen MR) is 183 cm³/mol. The van der Waals surface area contributed by atoms with E-state index in [0.29, 0.717) is 0 Å². The van der Waals surface area contributed by atoms with Gasteiger partial charge in [0.1, 0.15) is 11.2 Å². The Labute approximate surface area is 280 Å².